The van der Waals surface area contributed by atoms with Crippen LogP contribution in [0, 0.1) is 5.92 Å². The normalized spacial score (nSPS) is 26.3. The molecule has 1 aliphatic rings. The Hall–Kier alpha value is -0.680. The lowest BCUT2D eigenvalue weighted by molar-refractivity contribution is 0.0537. The van der Waals surface area contributed by atoms with Gasteiger partial charge in [0.05, 0.1) is 6.61 Å². The topological polar surface area (TPSA) is 47.0 Å². The van der Waals surface area contributed by atoms with E-state index < -0.39 is 0 Å². The predicted molar refractivity (Wildman–Crippen MR) is 61.7 cm³/mol. The maximum atomic E-state index is 5.39. The highest BCUT2D eigenvalue weighted by atomic mass is 79.9. The zero-order chi connectivity index (χ0) is 10.7. The number of hydrogen-bond acceptors (Lipinski definition) is 4. The standard InChI is InChI=1S/C10H14BrN3O/c1-7-5-15-3-2-8(7)14-10-4-9(11)12-6-13-10/h4,6-8H,2-3,5H2,1H3,(H,12,13,14). The second kappa shape index (κ2) is 4.90. The van der Waals surface area contributed by atoms with Gasteiger partial charge in [-0.2, -0.15) is 0 Å². The van der Waals surface area contributed by atoms with Gasteiger partial charge in [-0.1, -0.05) is 6.92 Å². The Bertz CT molecular complexity index is 334. The quantitative estimate of drug-likeness (QED) is 0.837. The zero-order valence-electron chi connectivity index (χ0n) is 8.61. The molecule has 1 aromatic rings. The highest BCUT2D eigenvalue weighted by Gasteiger charge is 2.21. The summed E-state index contributed by atoms with van der Waals surface area (Å²) in [6.07, 6.45) is 2.58. The highest BCUT2D eigenvalue weighted by Crippen LogP contribution is 2.19. The van der Waals surface area contributed by atoms with E-state index >= 15 is 0 Å². The van der Waals surface area contributed by atoms with Crippen LogP contribution in [0.4, 0.5) is 5.82 Å². The molecule has 1 aliphatic heterocycles. The average Bonchev–Trinajstić information content (AvgIpc) is 2.22. The number of hydrogen-bond donors (Lipinski definition) is 1. The first-order valence-electron chi connectivity index (χ1n) is 5.07. The summed E-state index contributed by atoms with van der Waals surface area (Å²) in [6, 6.07) is 2.34. The summed E-state index contributed by atoms with van der Waals surface area (Å²) >= 11 is 3.33. The number of ether oxygens (including phenoxy) is 1. The van der Waals surface area contributed by atoms with Crippen LogP contribution in [-0.2, 0) is 4.74 Å². The van der Waals surface area contributed by atoms with E-state index in [1.54, 1.807) is 6.33 Å². The van der Waals surface area contributed by atoms with E-state index in [9.17, 15) is 0 Å². The molecule has 0 radical (unpaired) electrons. The van der Waals surface area contributed by atoms with E-state index in [-0.39, 0.29) is 0 Å². The number of anilines is 1. The molecule has 1 aromatic heterocycles. The number of rotatable bonds is 2. The third-order valence-electron chi connectivity index (χ3n) is 2.61. The van der Waals surface area contributed by atoms with E-state index in [4.69, 9.17) is 4.74 Å². The van der Waals surface area contributed by atoms with Gasteiger partial charge < -0.3 is 10.1 Å². The van der Waals surface area contributed by atoms with Crippen molar-refractivity contribution in [3.63, 3.8) is 0 Å². The van der Waals surface area contributed by atoms with Crippen LogP contribution in [0.2, 0.25) is 0 Å². The summed E-state index contributed by atoms with van der Waals surface area (Å²) in [6.45, 7) is 3.84. The molecule has 2 atom stereocenters. The van der Waals surface area contributed by atoms with Crippen molar-refractivity contribution in [2.24, 2.45) is 5.92 Å². The molecule has 1 fully saturated rings. The maximum absolute atomic E-state index is 5.39. The molecule has 5 heteroatoms. The van der Waals surface area contributed by atoms with Crippen LogP contribution in [0.1, 0.15) is 13.3 Å². The van der Waals surface area contributed by atoms with Gasteiger partial charge in [0.15, 0.2) is 0 Å². The van der Waals surface area contributed by atoms with Crippen LogP contribution in [0.15, 0.2) is 17.0 Å². The second-order valence-electron chi connectivity index (χ2n) is 3.82. The summed E-state index contributed by atoms with van der Waals surface area (Å²) in [5.74, 6) is 1.39. The van der Waals surface area contributed by atoms with Crippen molar-refractivity contribution in [1.82, 2.24) is 9.97 Å². The first-order valence-corrected chi connectivity index (χ1v) is 5.87. The lowest BCUT2D eigenvalue weighted by Crippen LogP contribution is -2.36. The van der Waals surface area contributed by atoms with Crippen LogP contribution < -0.4 is 5.32 Å². The molecule has 1 N–H and O–H groups in total. The number of halogens is 1. The Labute approximate surface area is 97.6 Å². The van der Waals surface area contributed by atoms with Gasteiger partial charge in [-0.05, 0) is 28.3 Å². The summed E-state index contributed by atoms with van der Waals surface area (Å²) in [7, 11) is 0. The summed E-state index contributed by atoms with van der Waals surface area (Å²) < 4.78 is 6.20. The largest absolute Gasteiger partial charge is 0.381 e. The van der Waals surface area contributed by atoms with Gasteiger partial charge >= 0.3 is 0 Å². The van der Waals surface area contributed by atoms with E-state index in [2.05, 4.69) is 38.1 Å². The molecule has 0 saturated carbocycles. The molecule has 82 valence electrons. The Morgan fingerprint density at radius 2 is 2.40 bits per heavy atom. The second-order valence-corrected chi connectivity index (χ2v) is 4.63. The Balaban J connectivity index is 2.01. The number of nitrogens with one attached hydrogen (secondary N) is 1. The van der Waals surface area contributed by atoms with Crippen LogP contribution in [-0.4, -0.2) is 29.2 Å². The van der Waals surface area contributed by atoms with E-state index in [1.807, 2.05) is 6.07 Å². The monoisotopic (exact) mass is 271 g/mol. The molecule has 0 aliphatic carbocycles. The van der Waals surface area contributed by atoms with E-state index in [0.29, 0.717) is 12.0 Å². The summed E-state index contributed by atoms with van der Waals surface area (Å²) in [5.41, 5.74) is 0. The molecule has 1 saturated heterocycles. The molecule has 0 aromatic carbocycles. The minimum absolute atomic E-state index is 0.445. The third-order valence-corrected chi connectivity index (χ3v) is 3.04. The van der Waals surface area contributed by atoms with Gasteiger partial charge in [0.2, 0.25) is 0 Å². The minimum Gasteiger partial charge on any atom is -0.381 e. The van der Waals surface area contributed by atoms with Crippen molar-refractivity contribution in [2.45, 2.75) is 19.4 Å². The van der Waals surface area contributed by atoms with Crippen LogP contribution >= 0.6 is 15.9 Å². The fourth-order valence-corrected chi connectivity index (χ4v) is 2.01. The summed E-state index contributed by atoms with van der Waals surface area (Å²) in [4.78, 5) is 8.17. The zero-order valence-corrected chi connectivity index (χ0v) is 10.2. The van der Waals surface area contributed by atoms with Gasteiger partial charge in [-0.15, -0.1) is 0 Å². The Morgan fingerprint density at radius 3 is 3.13 bits per heavy atom. The Kier molecular flexibility index (Phi) is 3.53. The van der Waals surface area contributed by atoms with Crippen molar-refractivity contribution in [2.75, 3.05) is 18.5 Å². The van der Waals surface area contributed by atoms with Crippen molar-refractivity contribution in [3.8, 4) is 0 Å². The van der Waals surface area contributed by atoms with Crippen LogP contribution in [0.3, 0.4) is 0 Å². The van der Waals surface area contributed by atoms with E-state index in [1.165, 1.54) is 0 Å². The smallest absolute Gasteiger partial charge is 0.130 e. The third kappa shape index (κ3) is 2.89. The molecule has 2 rings (SSSR count). The fourth-order valence-electron chi connectivity index (χ4n) is 1.70. The van der Waals surface area contributed by atoms with Gasteiger partial charge in [-0.3, -0.25) is 0 Å². The summed E-state index contributed by atoms with van der Waals surface area (Å²) in [5, 5.41) is 3.41. The molecule has 2 unspecified atom stereocenters. The van der Waals surface area contributed by atoms with Crippen molar-refractivity contribution in [1.29, 1.82) is 0 Å². The van der Waals surface area contributed by atoms with Crippen molar-refractivity contribution >= 4 is 21.7 Å². The van der Waals surface area contributed by atoms with Crippen molar-refractivity contribution in [3.05, 3.63) is 17.0 Å². The Morgan fingerprint density at radius 1 is 1.53 bits per heavy atom. The average molecular weight is 272 g/mol. The minimum atomic E-state index is 0.445. The van der Waals surface area contributed by atoms with Crippen molar-refractivity contribution < 1.29 is 4.74 Å². The van der Waals surface area contributed by atoms with Crippen LogP contribution in [0.25, 0.3) is 0 Å². The fraction of sp³-hybridized carbons (Fsp3) is 0.600. The molecule has 0 amide bonds. The molecule has 0 spiro atoms. The van der Waals surface area contributed by atoms with Gasteiger partial charge in [0.25, 0.3) is 0 Å². The first-order chi connectivity index (χ1) is 7.25. The first kappa shape index (κ1) is 10.8. The van der Waals surface area contributed by atoms with Gasteiger partial charge in [0, 0.05) is 18.7 Å². The number of nitrogens with zero attached hydrogens (tertiary/aromatic N) is 2. The lowest BCUT2D eigenvalue weighted by atomic mass is 9.98. The molecular formula is C10H14BrN3O. The molecule has 2 heterocycles. The maximum Gasteiger partial charge on any atom is 0.130 e. The highest BCUT2D eigenvalue weighted by molar-refractivity contribution is 9.10. The molecule has 15 heavy (non-hydrogen) atoms. The molecular weight excluding hydrogens is 258 g/mol. The van der Waals surface area contributed by atoms with Gasteiger partial charge in [-0.25, -0.2) is 9.97 Å². The number of aromatic nitrogens is 2. The van der Waals surface area contributed by atoms with Crippen LogP contribution in [0.5, 0.6) is 0 Å². The SMILES string of the molecule is CC1COCCC1Nc1cc(Br)ncn1. The molecule has 4 nitrogen and oxygen atoms in total. The predicted octanol–water partition coefficient (Wildman–Crippen LogP) is 2.08. The van der Waals surface area contributed by atoms with Gasteiger partial charge in [0.1, 0.15) is 16.7 Å². The van der Waals surface area contributed by atoms with E-state index in [0.717, 1.165) is 30.1 Å². The molecule has 0 bridgehead atoms. The lowest BCUT2D eigenvalue weighted by Gasteiger charge is -2.29.